The fourth-order valence-corrected chi connectivity index (χ4v) is 2.38. The molecular formula is C19H20N2O5. The molecule has 4 N–H and O–H groups in total. The summed E-state index contributed by atoms with van der Waals surface area (Å²) in [6, 6.07) is 12.9. The predicted octanol–water partition coefficient (Wildman–Crippen LogP) is 1.35. The summed E-state index contributed by atoms with van der Waals surface area (Å²) in [6.07, 6.45) is 0.379. The van der Waals surface area contributed by atoms with Gasteiger partial charge >= 0.3 is 17.8 Å². The number of aliphatic hydroxyl groups is 1. The van der Waals surface area contributed by atoms with E-state index in [0.29, 0.717) is 12.0 Å². The smallest absolute Gasteiger partial charge is 0.335 e. The lowest BCUT2D eigenvalue weighted by Gasteiger charge is -2.16. The largest absolute Gasteiger partial charge is 0.478 e. The van der Waals surface area contributed by atoms with Gasteiger partial charge in [0, 0.05) is 5.69 Å². The number of amides is 2. The van der Waals surface area contributed by atoms with Crippen LogP contribution in [-0.2, 0) is 16.0 Å². The quantitative estimate of drug-likeness (QED) is 0.583. The first-order valence-corrected chi connectivity index (χ1v) is 8.01. The third-order valence-electron chi connectivity index (χ3n) is 3.82. The van der Waals surface area contributed by atoms with Crippen molar-refractivity contribution in [3.05, 3.63) is 65.2 Å². The van der Waals surface area contributed by atoms with Crippen LogP contribution >= 0.6 is 0 Å². The van der Waals surface area contributed by atoms with Gasteiger partial charge in [0.1, 0.15) is 0 Å². The highest BCUT2D eigenvalue weighted by atomic mass is 16.4. The van der Waals surface area contributed by atoms with E-state index in [-0.39, 0.29) is 17.9 Å². The highest BCUT2D eigenvalue weighted by molar-refractivity contribution is 6.39. The Morgan fingerprint density at radius 1 is 1.04 bits per heavy atom. The Bertz CT molecular complexity index is 805. The van der Waals surface area contributed by atoms with Gasteiger partial charge in [-0.25, -0.2) is 4.79 Å². The van der Waals surface area contributed by atoms with Crippen LogP contribution in [0.25, 0.3) is 0 Å². The van der Waals surface area contributed by atoms with Crippen molar-refractivity contribution in [3.63, 3.8) is 0 Å². The van der Waals surface area contributed by atoms with Crippen molar-refractivity contribution >= 4 is 23.5 Å². The standard InChI is InChI=1S/C19H20N2O5/c1-12-7-8-14(19(25)26)10-16(12)21-18(24)17(23)20-15(11-22)9-13-5-3-2-4-6-13/h2-8,10,15,22H,9,11H2,1H3,(H,20,23)(H,21,24)(H,25,26)/t15-/m0/s1. The highest BCUT2D eigenvalue weighted by Gasteiger charge is 2.19. The van der Waals surface area contributed by atoms with Crippen LogP contribution < -0.4 is 10.6 Å². The molecule has 7 heteroatoms. The summed E-state index contributed by atoms with van der Waals surface area (Å²) in [5, 5.41) is 23.3. The minimum Gasteiger partial charge on any atom is -0.478 e. The summed E-state index contributed by atoms with van der Waals surface area (Å²) in [4.78, 5) is 35.2. The SMILES string of the molecule is Cc1ccc(C(=O)O)cc1NC(=O)C(=O)N[C@H](CO)Cc1ccccc1. The van der Waals surface area contributed by atoms with Gasteiger partial charge in [0.15, 0.2) is 0 Å². The van der Waals surface area contributed by atoms with Gasteiger partial charge in [-0.05, 0) is 36.6 Å². The van der Waals surface area contributed by atoms with E-state index in [4.69, 9.17) is 5.11 Å². The number of hydrogen-bond donors (Lipinski definition) is 4. The molecule has 136 valence electrons. The molecule has 0 aliphatic heterocycles. The van der Waals surface area contributed by atoms with Gasteiger partial charge in [0.25, 0.3) is 0 Å². The molecule has 0 saturated heterocycles. The first-order valence-electron chi connectivity index (χ1n) is 8.01. The number of aryl methyl sites for hydroxylation is 1. The molecule has 2 amide bonds. The third kappa shape index (κ3) is 5.15. The fourth-order valence-electron chi connectivity index (χ4n) is 2.38. The number of carbonyl (C=O) groups is 3. The Labute approximate surface area is 150 Å². The minimum atomic E-state index is -1.13. The zero-order valence-electron chi connectivity index (χ0n) is 14.2. The maximum Gasteiger partial charge on any atom is 0.335 e. The summed E-state index contributed by atoms with van der Waals surface area (Å²) in [5.41, 5.74) is 1.79. The lowest BCUT2D eigenvalue weighted by atomic mass is 10.1. The zero-order valence-corrected chi connectivity index (χ0v) is 14.2. The molecule has 0 bridgehead atoms. The molecule has 26 heavy (non-hydrogen) atoms. The van der Waals surface area contributed by atoms with Crippen molar-refractivity contribution in [2.45, 2.75) is 19.4 Å². The van der Waals surface area contributed by atoms with Crippen molar-refractivity contribution in [1.82, 2.24) is 5.32 Å². The normalized spacial score (nSPS) is 11.5. The Kier molecular flexibility index (Phi) is 6.46. The number of nitrogens with one attached hydrogen (secondary N) is 2. The third-order valence-corrected chi connectivity index (χ3v) is 3.82. The lowest BCUT2D eigenvalue weighted by molar-refractivity contribution is -0.136. The molecule has 0 aromatic heterocycles. The lowest BCUT2D eigenvalue weighted by Crippen LogP contribution is -2.44. The molecule has 0 saturated carbocycles. The maximum atomic E-state index is 12.1. The molecule has 7 nitrogen and oxygen atoms in total. The van der Waals surface area contributed by atoms with Crippen LogP contribution in [0.1, 0.15) is 21.5 Å². The van der Waals surface area contributed by atoms with E-state index in [0.717, 1.165) is 5.56 Å². The number of carbonyl (C=O) groups excluding carboxylic acids is 2. The number of aromatic carboxylic acids is 1. The summed E-state index contributed by atoms with van der Waals surface area (Å²) in [7, 11) is 0. The molecular weight excluding hydrogens is 336 g/mol. The van der Waals surface area contributed by atoms with E-state index in [9.17, 15) is 19.5 Å². The highest BCUT2D eigenvalue weighted by Crippen LogP contribution is 2.17. The maximum absolute atomic E-state index is 12.1. The molecule has 0 aliphatic carbocycles. The number of carboxylic acid groups (broad SMARTS) is 1. The molecule has 0 spiro atoms. The molecule has 2 rings (SSSR count). The van der Waals surface area contributed by atoms with Crippen LogP contribution in [0.4, 0.5) is 5.69 Å². The van der Waals surface area contributed by atoms with Gasteiger partial charge in [0.05, 0.1) is 18.2 Å². The van der Waals surface area contributed by atoms with Gasteiger partial charge in [0.2, 0.25) is 0 Å². The topological polar surface area (TPSA) is 116 Å². The number of hydrogen-bond acceptors (Lipinski definition) is 4. The number of carboxylic acids is 1. The molecule has 0 fully saturated rings. The van der Waals surface area contributed by atoms with Crippen molar-refractivity contribution in [2.75, 3.05) is 11.9 Å². The van der Waals surface area contributed by atoms with Crippen molar-refractivity contribution in [1.29, 1.82) is 0 Å². The second-order valence-corrected chi connectivity index (χ2v) is 5.83. The van der Waals surface area contributed by atoms with Crippen LogP contribution in [0.15, 0.2) is 48.5 Å². The van der Waals surface area contributed by atoms with E-state index in [2.05, 4.69) is 10.6 Å². The summed E-state index contributed by atoms with van der Waals surface area (Å²) in [5.74, 6) is -2.96. The van der Waals surface area contributed by atoms with Crippen molar-refractivity contribution in [3.8, 4) is 0 Å². The fraction of sp³-hybridized carbons (Fsp3) is 0.211. The molecule has 2 aromatic carbocycles. The van der Waals surface area contributed by atoms with E-state index >= 15 is 0 Å². The van der Waals surface area contributed by atoms with Crippen molar-refractivity contribution in [2.24, 2.45) is 0 Å². The second kappa shape index (κ2) is 8.77. The van der Waals surface area contributed by atoms with Gasteiger partial charge in [-0.15, -0.1) is 0 Å². The molecule has 1 atom stereocenters. The molecule has 0 heterocycles. The van der Waals surface area contributed by atoms with Crippen LogP contribution in [0, 0.1) is 6.92 Å². The van der Waals surface area contributed by atoms with E-state index < -0.39 is 23.8 Å². The molecule has 0 unspecified atom stereocenters. The van der Waals surface area contributed by atoms with Gasteiger partial charge in [-0.2, -0.15) is 0 Å². The average molecular weight is 356 g/mol. The zero-order chi connectivity index (χ0) is 19.1. The Balaban J connectivity index is 2.01. The number of aliphatic hydroxyl groups excluding tert-OH is 1. The Morgan fingerprint density at radius 2 is 1.73 bits per heavy atom. The van der Waals surface area contributed by atoms with Gasteiger partial charge < -0.3 is 20.8 Å². The molecule has 0 aliphatic rings. The van der Waals surface area contributed by atoms with Crippen LogP contribution in [-0.4, -0.2) is 40.6 Å². The second-order valence-electron chi connectivity index (χ2n) is 5.83. The van der Waals surface area contributed by atoms with Gasteiger partial charge in [-0.1, -0.05) is 36.4 Å². The Morgan fingerprint density at radius 3 is 2.35 bits per heavy atom. The average Bonchev–Trinajstić information content (AvgIpc) is 2.63. The molecule has 0 radical (unpaired) electrons. The number of rotatable bonds is 6. The van der Waals surface area contributed by atoms with Gasteiger partial charge in [-0.3, -0.25) is 9.59 Å². The van der Waals surface area contributed by atoms with E-state index in [1.54, 1.807) is 13.0 Å². The first-order chi connectivity index (χ1) is 12.4. The molecule has 2 aromatic rings. The van der Waals surface area contributed by atoms with Crippen LogP contribution in [0.2, 0.25) is 0 Å². The summed E-state index contributed by atoms with van der Waals surface area (Å²) >= 11 is 0. The summed E-state index contributed by atoms with van der Waals surface area (Å²) < 4.78 is 0. The minimum absolute atomic E-state index is 0.00335. The Hall–Kier alpha value is -3.19. The van der Waals surface area contributed by atoms with Crippen molar-refractivity contribution < 1.29 is 24.6 Å². The predicted molar refractivity (Wildman–Crippen MR) is 95.9 cm³/mol. The number of benzene rings is 2. The monoisotopic (exact) mass is 356 g/mol. The van der Waals surface area contributed by atoms with E-state index in [1.165, 1.54) is 12.1 Å². The first kappa shape index (κ1) is 19.1. The number of anilines is 1. The summed E-state index contributed by atoms with van der Waals surface area (Å²) in [6.45, 7) is 1.37. The van der Waals surface area contributed by atoms with Crippen LogP contribution in [0.3, 0.4) is 0 Å². The van der Waals surface area contributed by atoms with Crippen LogP contribution in [0.5, 0.6) is 0 Å². The van der Waals surface area contributed by atoms with E-state index in [1.807, 2.05) is 30.3 Å².